The maximum atomic E-state index is 2.58. The van der Waals surface area contributed by atoms with E-state index in [0.29, 0.717) is 7.25 Å². The topological polar surface area (TPSA) is 0 Å². The van der Waals surface area contributed by atoms with Crippen molar-refractivity contribution in [1.29, 1.82) is 0 Å². The fraction of sp³-hybridized carbons (Fsp3) is 0.333. The first-order chi connectivity index (χ1) is 12.4. The molecule has 0 nitrogen and oxygen atoms in total. The van der Waals surface area contributed by atoms with Crippen LogP contribution in [-0.4, -0.2) is 6.88 Å². The number of fused-ring (bicyclic) bond motifs is 2. The molecule has 0 N–H and O–H groups in total. The standard InChI is InChI=1S/2C9H7.2C3H7.2ClH.H2Si.Zr/c2*1-2-5-9-7-3-6-8(9)4-1;2*1-3-2;;;;/h2*1-7H;2*3H,1-2H3;2*1H;1H2;. The van der Waals surface area contributed by atoms with Crippen LogP contribution < -0.4 is 0 Å². The Bertz CT molecular complexity index is 908. The molecule has 0 fully saturated rings. The zero-order chi connectivity index (χ0) is 18.6. The second kappa shape index (κ2) is 8.38. The summed E-state index contributed by atoms with van der Waals surface area (Å²) < 4.78 is 2.76. The van der Waals surface area contributed by atoms with Gasteiger partial charge in [0.25, 0.3) is 0 Å². The van der Waals surface area contributed by atoms with Gasteiger partial charge in [-0.2, -0.15) is 0 Å². The largest absolute Gasteiger partial charge is 0.147 e. The summed E-state index contributed by atoms with van der Waals surface area (Å²) in [6.45, 7) is 12.6. The van der Waals surface area contributed by atoms with Crippen LogP contribution in [0.3, 0.4) is 0 Å². The Morgan fingerprint density at radius 3 is 1.39 bits per heavy atom. The van der Waals surface area contributed by atoms with Crippen LogP contribution >= 0.6 is 24.8 Å². The Hall–Kier alpha value is -0.400. The summed E-state index contributed by atoms with van der Waals surface area (Å²) in [6, 6.07) is 18.2. The molecule has 0 bridgehead atoms. The molecule has 0 saturated heterocycles. The molecule has 150 valence electrons. The molecular formula is C24H32Cl2SiZr. The molecule has 4 rings (SSSR count). The average Bonchev–Trinajstić information content (AvgIpc) is 3.26. The van der Waals surface area contributed by atoms with Gasteiger partial charge in [-0.3, -0.25) is 0 Å². The van der Waals surface area contributed by atoms with E-state index in [1.165, 1.54) is 11.1 Å². The third kappa shape index (κ3) is 3.02. The van der Waals surface area contributed by atoms with Gasteiger partial charge in [-0.15, -0.1) is 24.8 Å². The van der Waals surface area contributed by atoms with Crippen LogP contribution in [0.2, 0.25) is 7.25 Å². The van der Waals surface area contributed by atoms with E-state index in [2.05, 4.69) is 107 Å². The van der Waals surface area contributed by atoms with E-state index in [1.54, 1.807) is 11.1 Å². The number of hydrogen-bond acceptors (Lipinski definition) is 0. The van der Waals surface area contributed by atoms with Gasteiger partial charge in [0.2, 0.25) is 0 Å². The second-order valence-electron chi connectivity index (χ2n) is 9.06. The Morgan fingerprint density at radius 2 is 1.04 bits per heavy atom. The summed E-state index contributed by atoms with van der Waals surface area (Å²) in [5.74, 6) is 0. The van der Waals surface area contributed by atoms with Crippen LogP contribution in [0, 0.1) is 0 Å². The third-order valence-electron chi connectivity index (χ3n) is 7.93. The van der Waals surface area contributed by atoms with E-state index < -0.39 is 17.4 Å². The van der Waals surface area contributed by atoms with Crippen LogP contribution in [0.25, 0.3) is 12.2 Å². The minimum atomic E-state index is -3.43. The average molecular weight is 511 g/mol. The molecule has 2 aromatic rings. The van der Waals surface area contributed by atoms with Gasteiger partial charge in [-0.05, 0) is 0 Å². The molecular weight excluding hydrogens is 478 g/mol. The molecule has 0 aromatic heterocycles. The number of halogens is 2. The third-order valence-corrected chi connectivity index (χ3v) is 46.6. The first kappa shape index (κ1) is 23.9. The zero-order valence-corrected chi connectivity index (χ0v) is 22.8. The summed E-state index contributed by atoms with van der Waals surface area (Å²) in [4.78, 5) is 0. The van der Waals surface area contributed by atoms with Crippen molar-refractivity contribution in [1.82, 2.24) is 0 Å². The van der Waals surface area contributed by atoms with Crippen LogP contribution in [0.5, 0.6) is 0 Å². The Labute approximate surface area is 185 Å². The fourth-order valence-corrected chi connectivity index (χ4v) is 29.3. The Kier molecular flexibility index (Phi) is 7.15. The fourth-order valence-electron chi connectivity index (χ4n) is 6.02. The van der Waals surface area contributed by atoms with Crippen molar-refractivity contribution >= 4 is 43.8 Å². The van der Waals surface area contributed by atoms with Gasteiger partial charge in [-0.25, -0.2) is 0 Å². The molecule has 2 aliphatic carbocycles. The molecule has 2 aromatic carbocycles. The second-order valence-corrected chi connectivity index (χ2v) is 36.4. The Morgan fingerprint density at radius 1 is 0.679 bits per heavy atom. The van der Waals surface area contributed by atoms with Crippen molar-refractivity contribution in [3.05, 3.63) is 82.9 Å². The monoisotopic (exact) mass is 508 g/mol. The summed E-state index contributed by atoms with van der Waals surface area (Å²) in [6.07, 6.45) is 9.96. The van der Waals surface area contributed by atoms with Crippen LogP contribution in [0.4, 0.5) is 0 Å². The van der Waals surface area contributed by atoms with Gasteiger partial charge in [0.1, 0.15) is 0 Å². The summed E-state index contributed by atoms with van der Waals surface area (Å²) >= 11 is -3.43. The predicted octanol–water partition coefficient (Wildman–Crippen LogP) is 7.26. The van der Waals surface area contributed by atoms with Gasteiger partial charge < -0.3 is 0 Å². The van der Waals surface area contributed by atoms with Gasteiger partial charge in [-0.1, -0.05) is 0 Å². The van der Waals surface area contributed by atoms with Gasteiger partial charge in [0.15, 0.2) is 0 Å². The van der Waals surface area contributed by atoms with Crippen molar-refractivity contribution in [2.45, 2.75) is 42.2 Å². The van der Waals surface area contributed by atoms with E-state index in [4.69, 9.17) is 0 Å². The van der Waals surface area contributed by atoms with Crippen LogP contribution in [0.1, 0.15) is 57.2 Å². The molecule has 28 heavy (non-hydrogen) atoms. The van der Waals surface area contributed by atoms with Crippen molar-refractivity contribution in [2.75, 3.05) is 0 Å². The van der Waals surface area contributed by atoms with Crippen molar-refractivity contribution in [3.63, 3.8) is 0 Å². The summed E-state index contributed by atoms with van der Waals surface area (Å²) in [5.41, 5.74) is 6.07. The van der Waals surface area contributed by atoms with E-state index >= 15 is 0 Å². The molecule has 0 spiro atoms. The minimum absolute atomic E-state index is 0. The van der Waals surface area contributed by atoms with Gasteiger partial charge in [0, 0.05) is 0 Å². The number of rotatable bonds is 4. The number of benzene rings is 2. The molecule has 0 heterocycles. The van der Waals surface area contributed by atoms with Crippen LogP contribution in [-0.2, 0) is 17.4 Å². The summed E-state index contributed by atoms with van der Waals surface area (Å²) in [5, 5.41) is 0. The maximum absolute atomic E-state index is 3.43. The minimum Gasteiger partial charge on any atom is -0.147 e. The maximum Gasteiger partial charge on any atom is -0.147 e. The quantitative estimate of drug-likeness (QED) is 0.380. The van der Waals surface area contributed by atoms with Gasteiger partial charge in [0.05, 0.1) is 0 Å². The van der Waals surface area contributed by atoms with Crippen molar-refractivity contribution in [3.8, 4) is 0 Å². The first-order valence-corrected chi connectivity index (χ1v) is 21.6. The molecule has 0 amide bonds. The van der Waals surface area contributed by atoms with E-state index in [-0.39, 0.29) is 24.8 Å². The molecule has 2 unspecified atom stereocenters. The zero-order valence-electron chi connectivity index (χ0n) is 17.3. The smallest absolute Gasteiger partial charge is 0.147 e. The van der Waals surface area contributed by atoms with E-state index in [1.807, 2.05) is 0 Å². The van der Waals surface area contributed by atoms with Crippen molar-refractivity contribution in [2.24, 2.45) is 0 Å². The SMILES string of the molecule is C[CH](C)[Zr](=[SiH2])([CH](C)C)([CH]1C=Cc2ccccc21)[CH]1C=Cc2ccccc21.Cl.Cl. The van der Waals surface area contributed by atoms with E-state index in [0.717, 1.165) is 7.25 Å². The molecule has 2 aliphatic rings. The number of allylic oxidation sites excluding steroid dienone is 2. The molecule has 4 heteroatoms. The molecule has 0 aliphatic heterocycles. The van der Waals surface area contributed by atoms with Crippen LogP contribution in [0.15, 0.2) is 60.7 Å². The van der Waals surface area contributed by atoms with Gasteiger partial charge >= 0.3 is 162 Å². The summed E-state index contributed by atoms with van der Waals surface area (Å²) in [7, 11) is 0. The predicted molar refractivity (Wildman–Crippen MR) is 130 cm³/mol. The number of hydrogen-bond donors (Lipinski definition) is 0. The molecule has 2 atom stereocenters. The normalized spacial score (nSPS) is 20.0. The van der Waals surface area contributed by atoms with E-state index in [9.17, 15) is 0 Å². The molecule has 0 radical (unpaired) electrons. The first-order valence-electron chi connectivity index (χ1n) is 9.96. The molecule has 0 saturated carbocycles. The Balaban J connectivity index is 0.00000140. The van der Waals surface area contributed by atoms with Crippen molar-refractivity contribution < 1.29 is 17.4 Å².